The number of carbonyl (C=O) groups is 1. The Morgan fingerprint density at radius 3 is 2.65 bits per heavy atom. The Balaban J connectivity index is 1.60. The highest BCUT2D eigenvalue weighted by molar-refractivity contribution is 7.90. The van der Waals surface area contributed by atoms with E-state index < -0.39 is 33.3 Å². The average Bonchev–Trinajstić information content (AvgIpc) is 3.39. The molecular weight excluding hydrogens is 500 g/mol. The number of sulfone groups is 1. The third kappa shape index (κ3) is 5.29. The maximum atomic E-state index is 14.9. The fourth-order valence-corrected chi connectivity index (χ4v) is 5.90. The molecule has 2 aromatic heterocycles. The number of imidazole rings is 1. The number of hydrogen-bond acceptors (Lipinski definition) is 6. The second-order valence-corrected chi connectivity index (χ2v) is 10.7. The number of benzene rings is 2. The molecule has 2 heterocycles. The van der Waals surface area contributed by atoms with E-state index in [0.717, 1.165) is 12.1 Å². The van der Waals surface area contributed by atoms with Crippen LogP contribution in [0.2, 0.25) is 0 Å². The number of rotatable bonds is 8. The normalized spacial score (nSPS) is 14.3. The predicted octanol–water partition coefficient (Wildman–Crippen LogP) is 4.87. The van der Waals surface area contributed by atoms with Crippen LogP contribution >= 0.6 is 0 Å². The van der Waals surface area contributed by atoms with E-state index in [9.17, 15) is 22.0 Å². The first-order valence-electron chi connectivity index (χ1n) is 11.7. The molecule has 1 aliphatic carbocycles. The summed E-state index contributed by atoms with van der Waals surface area (Å²) in [6.45, 7) is 0.130. The number of carbonyl (C=O) groups excluding carboxylic acids is 1. The van der Waals surface area contributed by atoms with Gasteiger partial charge < -0.3 is 9.30 Å². The summed E-state index contributed by atoms with van der Waals surface area (Å²) in [5, 5.41) is -0.0970. The fraction of sp³-hybridized carbons (Fsp3) is 0.222. The summed E-state index contributed by atoms with van der Waals surface area (Å²) in [7, 11) is -3.89. The van der Waals surface area contributed by atoms with E-state index in [1.807, 2.05) is 0 Å². The van der Waals surface area contributed by atoms with Crippen LogP contribution in [-0.2, 0) is 28.6 Å². The van der Waals surface area contributed by atoms with Gasteiger partial charge in [-0.05, 0) is 54.8 Å². The highest BCUT2D eigenvalue weighted by Gasteiger charge is 2.29. The van der Waals surface area contributed by atoms with Gasteiger partial charge in [0.15, 0.2) is 20.6 Å². The second-order valence-electron chi connectivity index (χ2n) is 8.80. The first-order valence-corrected chi connectivity index (χ1v) is 13.4. The van der Waals surface area contributed by atoms with Crippen molar-refractivity contribution in [3.8, 4) is 5.75 Å². The Hall–Kier alpha value is -3.92. The quantitative estimate of drug-likeness (QED) is 0.327. The summed E-state index contributed by atoms with van der Waals surface area (Å²) in [6, 6.07) is 11.0. The van der Waals surface area contributed by atoms with Crippen molar-refractivity contribution in [1.82, 2.24) is 14.5 Å². The number of Topliss-reactive ketones (excluding diaryl/α,β-unsaturated/α-hetero) is 1. The molecule has 0 amide bonds. The zero-order chi connectivity index (χ0) is 26.0. The Morgan fingerprint density at radius 2 is 1.92 bits per heavy atom. The van der Waals surface area contributed by atoms with Crippen molar-refractivity contribution >= 4 is 15.6 Å². The van der Waals surface area contributed by atoms with E-state index in [2.05, 4.69) is 9.97 Å². The van der Waals surface area contributed by atoms with Gasteiger partial charge in [-0.3, -0.25) is 4.79 Å². The van der Waals surface area contributed by atoms with Crippen LogP contribution in [0.1, 0.15) is 46.0 Å². The zero-order valence-electron chi connectivity index (χ0n) is 19.7. The minimum Gasteiger partial charge on any atom is -0.483 e. The van der Waals surface area contributed by atoms with Crippen LogP contribution in [0, 0.1) is 11.6 Å². The third-order valence-corrected chi connectivity index (χ3v) is 7.87. The highest BCUT2D eigenvalue weighted by atomic mass is 32.2. The topological polar surface area (TPSA) is 91.2 Å². The van der Waals surface area contributed by atoms with Crippen LogP contribution < -0.4 is 4.74 Å². The second kappa shape index (κ2) is 10.2. The third-order valence-electron chi connectivity index (χ3n) is 6.32. The maximum absolute atomic E-state index is 14.9. The van der Waals surface area contributed by atoms with Gasteiger partial charge in [0.2, 0.25) is 0 Å². The number of nitrogens with zero attached hydrogens (tertiary/aromatic N) is 3. The smallest absolute Gasteiger partial charge is 0.199 e. The van der Waals surface area contributed by atoms with Crippen molar-refractivity contribution in [2.24, 2.45) is 0 Å². The van der Waals surface area contributed by atoms with Crippen LogP contribution in [-0.4, -0.2) is 28.7 Å². The standard InChI is InChI=1S/C27H23F2N3O4S/c28-18-7-8-21(23(29)14-18)26(15-32-13-12-30-17-32)36-25-10-9-20-19(4-3-5-24(20)33)22(25)16-37(34,35)27-6-1-2-11-31-27/h1-2,6-14,17,26H,3-5,15-16H2/t26-/m1/s1. The minimum atomic E-state index is -3.89. The van der Waals surface area contributed by atoms with Gasteiger partial charge in [0.05, 0.1) is 18.6 Å². The largest absolute Gasteiger partial charge is 0.483 e. The van der Waals surface area contributed by atoms with Gasteiger partial charge in [0, 0.05) is 47.8 Å². The van der Waals surface area contributed by atoms with Crippen LogP contribution in [0.3, 0.4) is 0 Å². The number of fused-ring (bicyclic) bond motifs is 1. The van der Waals surface area contributed by atoms with Gasteiger partial charge in [0.25, 0.3) is 0 Å². The van der Waals surface area contributed by atoms with Crippen molar-refractivity contribution in [2.75, 3.05) is 0 Å². The van der Waals surface area contributed by atoms with Gasteiger partial charge in [-0.25, -0.2) is 27.2 Å². The molecule has 0 saturated heterocycles. The summed E-state index contributed by atoms with van der Waals surface area (Å²) in [4.78, 5) is 20.6. The molecule has 5 rings (SSSR count). The predicted molar refractivity (Wildman–Crippen MR) is 131 cm³/mol. The summed E-state index contributed by atoms with van der Waals surface area (Å²) in [5.74, 6) is -1.82. The summed E-state index contributed by atoms with van der Waals surface area (Å²) >= 11 is 0. The van der Waals surface area contributed by atoms with E-state index >= 15 is 0 Å². The molecule has 1 atom stereocenters. The van der Waals surface area contributed by atoms with E-state index in [0.29, 0.717) is 36.0 Å². The molecule has 0 radical (unpaired) electrons. The molecule has 7 nitrogen and oxygen atoms in total. The van der Waals surface area contributed by atoms with Crippen molar-refractivity contribution < 1.29 is 26.7 Å². The van der Waals surface area contributed by atoms with E-state index in [-0.39, 0.29) is 28.7 Å². The van der Waals surface area contributed by atoms with Gasteiger partial charge in [-0.15, -0.1) is 0 Å². The molecule has 0 saturated carbocycles. The highest BCUT2D eigenvalue weighted by Crippen LogP contribution is 2.36. The molecule has 0 spiro atoms. The first-order chi connectivity index (χ1) is 17.8. The van der Waals surface area contributed by atoms with E-state index in [1.54, 1.807) is 41.2 Å². The van der Waals surface area contributed by atoms with Crippen LogP contribution in [0.15, 0.2) is 78.5 Å². The van der Waals surface area contributed by atoms with Crippen molar-refractivity contribution in [3.63, 3.8) is 0 Å². The van der Waals surface area contributed by atoms with E-state index in [4.69, 9.17) is 4.74 Å². The molecule has 0 bridgehead atoms. The number of aromatic nitrogens is 3. The summed E-state index contributed by atoms with van der Waals surface area (Å²) < 4.78 is 63.1. The number of halogens is 2. The van der Waals surface area contributed by atoms with Crippen LogP contribution in [0.5, 0.6) is 5.75 Å². The summed E-state index contributed by atoms with van der Waals surface area (Å²) in [5.41, 5.74) is 1.51. The molecule has 0 N–H and O–H groups in total. The van der Waals surface area contributed by atoms with Gasteiger partial charge in [-0.1, -0.05) is 6.07 Å². The van der Waals surface area contributed by atoms with Crippen LogP contribution in [0.4, 0.5) is 8.78 Å². The molecule has 4 aromatic rings. The number of pyridine rings is 1. The van der Waals surface area contributed by atoms with E-state index in [1.165, 1.54) is 24.7 Å². The van der Waals surface area contributed by atoms with Gasteiger partial charge in [0.1, 0.15) is 23.5 Å². The maximum Gasteiger partial charge on any atom is 0.199 e. The SMILES string of the molecule is O=C1CCCc2c1ccc(O[C@H](Cn1ccnc1)c1ccc(F)cc1F)c2CS(=O)(=O)c1ccccn1. The van der Waals surface area contributed by atoms with Gasteiger partial charge in [-0.2, -0.15) is 0 Å². The monoisotopic (exact) mass is 523 g/mol. The molecule has 37 heavy (non-hydrogen) atoms. The molecule has 0 aliphatic heterocycles. The zero-order valence-corrected chi connectivity index (χ0v) is 20.5. The lowest BCUT2D eigenvalue weighted by Gasteiger charge is -2.26. The Bertz CT molecular complexity index is 1540. The van der Waals surface area contributed by atoms with Crippen molar-refractivity contribution in [1.29, 1.82) is 0 Å². The lowest BCUT2D eigenvalue weighted by atomic mass is 9.87. The minimum absolute atomic E-state index is 0.0659. The first kappa shape index (κ1) is 24.8. The average molecular weight is 524 g/mol. The lowest BCUT2D eigenvalue weighted by Crippen LogP contribution is -2.20. The van der Waals surface area contributed by atoms with Crippen molar-refractivity contribution in [3.05, 3.63) is 107 Å². The van der Waals surface area contributed by atoms with Gasteiger partial charge >= 0.3 is 0 Å². The molecule has 190 valence electrons. The summed E-state index contributed by atoms with van der Waals surface area (Å²) in [6.07, 6.45) is 6.69. The fourth-order valence-electron chi connectivity index (χ4n) is 4.54. The molecule has 0 unspecified atom stereocenters. The molecule has 10 heteroatoms. The molecule has 1 aliphatic rings. The lowest BCUT2D eigenvalue weighted by molar-refractivity contribution is 0.0972. The van der Waals surface area contributed by atoms with Crippen molar-refractivity contribution in [2.45, 2.75) is 42.7 Å². The Kier molecular flexibility index (Phi) is 6.84. The number of ketones is 1. The number of hydrogen-bond donors (Lipinski definition) is 0. The molecule has 2 aromatic carbocycles. The Labute approximate surface area is 212 Å². The van der Waals surface area contributed by atoms with Crippen LogP contribution in [0.25, 0.3) is 0 Å². The molecule has 0 fully saturated rings. The number of ether oxygens (including phenoxy) is 1. The Morgan fingerprint density at radius 1 is 1.05 bits per heavy atom. The molecular formula is C27H23F2N3O4S.